The zero-order valence-corrected chi connectivity index (χ0v) is 12.5. The summed E-state index contributed by atoms with van der Waals surface area (Å²) in [5, 5.41) is 7.92. The van der Waals surface area contributed by atoms with E-state index in [0.717, 1.165) is 0 Å². The van der Waals surface area contributed by atoms with Crippen molar-refractivity contribution < 1.29 is 9.21 Å². The molecule has 0 spiro atoms. The molecule has 8 nitrogen and oxygen atoms in total. The Kier molecular flexibility index (Phi) is 5.15. The molecule has 6 N–H and O–H groups in total. The number of nitrogens with zero attached hydrogens (tertiary/aromatic N) is 2. The summed E-state index contributed by atoms with van der Waals surface area (Å²) in [5.74, 6) is 1.21. The molecule has 2 heterocycles. The fraction of sp³-hybridized carbons (Fsp3) is 0.154. The summed E-state index contributed by atoms with van der Waals surface area (Å²) in [6, 6.07) is 2.94. The Morgan fingerprint density at radius 2 is 2.32 bits per heavy atom. The van der Waals surface area contributed by atoms with Crippen molar-refractivity contribution in [3.63, 3.8) is 0 Å². The third kappa shape index (κ3) is 4.63. The lowest BCUT2D eigenvalue weighted by Crippen LogP contribution is -2.28. The van der Waals surface area contributed by atoms with Crippen LogP contribution in [-0.2, 0) is 6.54 Å². The average Bonchev–Trinajstić information content (AvgIpc) is 3.10. The zero-order valence-electron chi connectivity index (χ0n) is 11.7. The number of hydrogen-bond donors (Lipinski definition) is 4. The van der Waals surface area contributed by atoms with Gasteiger partial charge in [-0.05, 0) is 12.1 Å². The van der Waals surface area contributed by atoms with Crippen LogP contribution < -0.4 is 22.1 Å². The van der Waals surface area contributed by atoms with Crippen molar-refractivity contribution in [2.45, 2.75) is 6.54 Å². The van der Waals surface area contributed by atoms with Crippen LogP contribution in [0.1, 0.15) is 5.76 Å². The molecule has 0 saturated heterocycles. The van der Waals surface area contributed by atoms with Crippen LogP contribution in [0.15, 0.2) is 39.2 Å². The van der Waals surface area contributed by atoms with Crippen LogP contribution in [0, 0.1) is 0 Å². The summed E-state index contributed by atoms with van der Waals surface area (Å²) >= 11 is 1.41. The van der Waals surface area contributed by atoms with E-state index in [4.69, 9.17) is 15.9 Å². The highest BCUT2D eigenvalue weighted by Gasteiger charge is 2.09. The minimum absolute atomic E-state index is 0.236. The molecule has 116 valence electrons. The first-order valence-electron chi connectivity index (χ1n) is 6.30. The van der Waals surface area contributed by atoms with Gasteiger partial charge in [-0.25, -0.2) is 9.78 Å². The molecule has 2 aromatic rings. The molecule has 2 rings (SSSR count). The number of aromatic nitrogens is 1. The summed E-state index contributed by atoms with van der Waals surface area (Å²) in [6.45, 7) is 4.15. The van der Waals surface area contributed by atoms with E-state index in [0.29, 0.717) is 34.6 Å². The van der Waals surface area contributed by atoms with Gasteiger partial charge in [-0.3, -0.25) is 4.99 Å². The zero-order chi connectivity index (χ0) is 15.9. The van der Waals surface area contributed by atoms with E-state index in [-0.39, 0.29) is 6.54 Å². The maximum absolute atomic E-state index is 10.6. The van der Waals surface area contributed by atoms with E-state index < -0.39 is 6.03 Å². The first-order chi connectivity index (χ1) is 10.5. The van der Waals surface area contributed by atoms with Gasteiger partial charge in [0.1, 0.15) is 11.5 Å². The van der Waals surface area contributed by atoms with Crippen molar-refractivity contribution in [3.8, 4) is 11.5 Å². The van der Waals surface area contributed by atoms with Gasteiger partial charge in [0.15, 0.2) is 10.9 Å². The largest absolute Gasteiger partial charge is 0.458 e. The molecule has 0 aliphatic rings. The summed E-state index contributed by atoms with van der Waals surface area (Å²) in [5.41, 5.74) is 11.6. The number of carbonyl (C=O) groups is 1. The van der Waals surface area contributed by atoms with E-state index >= 15 is 0 Å². The lowest BCUT2D eigenvalue weighted by atomic mass is 10.3. The smallest absolute Gasteiger partial charge is 0.312 e. The highest BCUT2D eigenvalue weighted by Crippen LogP contribution is 2.26. The first-order valence-corrected chi connectivity index (χ1v) is 7.18. The SMILES string of the molecule is C=C(N)CN=CNc1nc(-c2ccc(CNC(N)=O)o2)cs1. The molecule has 9 heteroatoms. The molecule has 0 atom stereocenters. The number of aliphatic imine (C=N–C) groups is 1. The number of urea groups is 1. The van der Waals surface area contributed by atoms with Crippen LogP contribution in [0.5, 0.6) is 0 Å². The predicted octanol–water partition coefficient (Wildman–Crippen LogP) is 1.48. The number of rotatable bonds is 7. The Labute approximate surface area is 130 Å². The van der Waals surface area contributed by atoms with Crippen molar-refractivity contribution in [3.05, 3.63) is 35.5 Å². The van der Waals surface area contributed by atoms with E-state index in [1.807, 2.05) is 5.38 Å². The Balaban J connectivity index is 1.94. The molecule has 2 amide bonds. The third-order valence-electron chi connectivity index (χ3n) is 2.43. The molecule has 0 fully saturated rings. The van der Waals surface area contributed by atoms with E-state index in [1.165, 1.54) is 17.7 Å². The van der Waals surface area contributed by atoms with Gasteiger partial charge in [0, 0.05) is 11.1 Å². The van der Waals surface area contributed by atoms with Gasteiger partial charge in [-0.15, -0.1) is 11.3 Å². The van der Waals surface area contributed by atoms with Gasteiger partial charge >= 0.3 is 6.03 Å². The van der Waals surface area contributed by atoms with Gasteiger partial charge < -0.3 is 26.5 Å². The average molecular weight is 320 g/mol. The molecule has 22 heavy (non-hydrogen) atoms. The van der Waals surface area contributed by atoms with Crippen molar-refractivity contribution >= 4 is 28.8 Å². The third-order valence-corrected chi connectivity index (χ3v) is 3.20. The molecule has 0 unspecified atom stereocenters. The molecule has 2 aromatic heterocycles. The number of nitrogens with one attached hydrogen (secondary N) is 2. The van der Waals surface area contributed by atoms with E-state index in [9.17, 15) is 4.79 Å². The maximum atomic E-state index is 10.6. The monoisotopic (exact) mass is 320 g/mol. The molecular weight excluding hydrogens is 304 g/mol. The van der Waals surface area contributed by atoms with E-state index in [2.05, 4.69) is 27.2 Å². The summed E-state index contributed by atoms with van der Waals surface area (Å²) < 4.78 is 5.57. The molecule has 0 radical (unpaired) electrons. The number of furan rings is 1. The van der Waals surface area contributed by atoms with Gasteiger partial charge in [-0.2, -0.15) is 0 Å². The van der Waals surface area contributed by atoms with Gasteiger partial charge in [0.05, 0.1) is 19.4 Å². The molecule has 0 saturated carbocycles. The first kappa shape index (κ1) is 15.6. The summed E-state index contributed by atoms with van der Waals surface area (Å²) in [4.78, 5) is 19.0. The lowest BCUT2D eigenvalue weighted by Gasteiger charge is -1.97. The Morgan fingerprint density at radius 1 is 1.50 bits per heavy atom. The number of primary amides is 1. The highest BCUT2D eigenvalue weighted by atomic mass is 32.1. The number of thiazole rings is 1. The number of carbonyl (C=O) groups excluding carboxylic acids is 1. The highest BCUT2D eigenvalue weighted by molar-refractivity contribution is 7.14. The molecular formula is C13H16N6O2S. The Bertz CT molecular complexity index is 690. The van der Waals surface area contributed by atoms with Crippen molar-refractivity contribution in [2.24, 2.45) is 16.5 Å². The predicted molar refractivity (Wildman–Crippen MR) is 86.5 cm³/mol. The van der Waals surface area contributed by atoms with E-state index in [1.54, 1.807) is 12.1 Å². The van der Waals surface area contributed by atoms with Crippen LogP contribution in [0.25, 0.3) is 11.5 Å². The Hall–Kier alpha value is -2.81. The number of anilines is 1. The fourth-order valence-electron chi connectivity index (χ4n) is 1.50. The number of amides is 2. The summed E-state index contributed by atoms with van der Waals surface area (Å²) in [7, 11) is 0. The van der Waals surface area contributed by atoms with Crippen molar-refractivity contribution in [1.82, 2.24) is 10.3 Å². The van der Waals surface area contributed by atoms with Crippen molar-refractivity contribution in [1.29, 1.82) is 0 Å². The topological polar surface area (TPSA) is 132 Å². The van der Waals surface area contributed by atoms with Crippen LogP contribution in [0.3, 0.4) is 0 Å². The van der Waals surface area contributed by atoms with Crippen LogP contribution >= 0.6 is 11.3 Å². The molecule has 0 aliphatic carbocycles. The summed E-state index contributed by atoms with van der Waals surface area (Å²) in [6.07, 6.45) is 1.52. The molecule has 0 aliphatic heterocycles. The number of nitrogens with two attached hydrogens (primary N) is 2. The van der Waals surface area contributed by atoms with Crippen LogP contribution in [-0.4, -0.2) is 23.9 Å². The molecule has 0 bridgehead atoms. The van der Waals surface area contributed by atoms with Crippen LogP contribution in [0.2, 0.25) is 0 Å². The normalized spacial score (nSPS) is 10.7. The lowest BCUT2D eigenvalue weighted by molar-refractivity contribution is 0.247. The minimum Gasteiger partial charge on any atom is -0.458 e. The minimum atomic E-state index is -0.599. The van der Waals surface area contributed by atoms with Crippen molar-refractivity contribution in [2.75, 3.05) is 11.9 Å². The Morgan fingerprint density at radius 3 is 3.05 bits per heavy atom. The second kappa shape index (κ2) is 7.27. The maximum Gasteiger partial charge on any atom is 0.312 e. The fourth-order valence-corrected chi connectivity index (χ4v) is 2.17. The number of hydrogen-bond acceptors (Lipinski definition) is 6. The van der Waals surface area contributed by atoms with Gasteiger partial charge in [0.25, 0.3) is 0 Å². The second-order valence-electron chi connectivity index (χ2n) is 4.29. The second-order valence-corrected chi connectivity index (χ2v) is 5.15. The quantitative estimate of drug-likeness (QED) is 0.453. The standard InChI is InChI=1S/C13H16N6O2S/c1-8(14)4-16-7-18-13-19-10(6-22-13)11-3-2-9(21-11)5-17-12(15)20/h2-3,6-7H,1,4-5,14H2,(H3,15,17,20)(H,16,18,19). The molecule has 0 aromatic carbocycles. The van der Waals surface area contributed by atoms with Gasteiger partial charge in [-0.1, -0.05) is 6.58 Å². The van der Waals surface area contributed by atoms with Crippen LogP contribution in [0.4, 0.5) is 9.93 Å². The van der Waals surface area contributed by atoms with Gasteiger partial charge in [0.2, 0.25) is 0 Å².